The van der Waals surface area contributed by atoms with E-state index in [1.807, 2.05) is 14.1 Å². The van der Waals surface area contributed by atoms with Crippen molar-refractivity contribution in [3.05, 3.63) is 0 Å². The number of aliphatic hydroxyl groups is 1. The highest BCUT2D eigenvalue weighted by Gasteiger charge is 2.19. The lowest BCUT2D eigenvalue weighted by Crippen LogP contribution is -2.46. The van der Waals surface area contributed by atoms with E-state index < -0.39 is 0 Å². The van der Waals surface area contributed by atoms with Crippen LogP contribution in [0.25, 0.3) is 0 Å². The summed E-state index contributed by atoms with van der Waals surface area (Å²) in [4.78, 5) is 10.8. The Morgan fingerprint density at radius 3 is 2.45 bits per heavy atom. The Hall–Kier alpha value is -0.610. The molecule has 0 aliphatic carbocycles. The van der Waals surface area contributed by atoms with Crippen molar-refractivity contribution in [2.24, 2.45) is 0 Å². The minimum absolute atomic E-state index is 0.0873. The summed E-state index contributed by atoms with van der Waals surface area (Å²) in [7, 11) is 5.10. The van der Waals surface area contributed by atoms with Gasteiger partial charge in [-0.3, -0.25) is 0 Å². The summed E-state index contributed by atoms with van der Waals surface area (Å²) in [5.41, 5.74) is 0. The number of nitrogens with zero attached hydrogens (tertiary/aromatic N) is 1. The number of carbonyl (C=O) groups excluding carboxylic acids is 1. The molecule has 0 spiro atoms. The van der Waals surface area contributed by atoms with Crippen LogP contribution in [0.3, 0.4) is 0 Å². The Labute approximate surface area is 67.0 Å². The second kappa shape index (κ2) is 4.31. The van der Waals surface area contributed by atoms with Gasteiger partial charge in [0, 0.05) is 0 Å². The van der Waals surface area contributed by atoms with Crippen molar-refractivity contribution in [2.75, 3.05) is 40.9 Å². The number of esters is 1. The largest absolute Gasteiger partial charge is 0.465 e. The molecule has 0 heterocycles. The molecule has 0 aliphatic heterocycles. The number of ether oxygens (including phenoxy) is 1. The fourth-order valence-electron chi connectivity index (χ4n) is 0.764. The number of quaternary nitrogens is 1. The Morgan fingerprint density at radius 1 is 1.55 bits per heavy atom. The number of rotatable bonds is 4. The van der Waals surface area contributed by atoms with Crippen molar-refractivity contribution in [3.8, 4) is 0 Å². The van der Waals surface area contributed by atoms with Gasteiger partial charge in [0.05, 0.1) is 27.8 Å². The molecule has 1 N–H and O–H groups in total. The van der Waals surface area contributed by atoms with Gasteiger partial charge in [0.15, 0.2) is 6.54 Å². The van der Waals surface area contributed by atoms with Crippen molar-refractivity contribution in [1.82, 2.24) is 0 Å². The highest BCUT2D eigenvalue weighted by molar-refractivity contribution is 5.70. The first-order valence-corrected chi connectivity index (χ1v) is 3.51. The number of carbonyl (C=O) groups is 1. The molecular formula is C7H16NO3+. The number of hydrogen-bond donors (Lipinski definition) is 1. The van der Waals surface area contributed by atoms with Gasteiger partial charge in [0.25, 0.3) is 0 Å². The molecule has 0 aromatic carbocycles. The molecule has 0 amide bonds. The predicted octanol–water partition coefficient (Wildman–Crippen LogP) is -0.772. The molecule has 0 unspecified atom stereocenters. The fourth-order valence-corrected chi connectivity index (χ4v) is 0.764. The third-order valence-electron chi connectivity index (χ3n) is 1.49. The van der Waals surface area contributed by atoms with E-state index in [-0.39, 0.29) is 12.6 Å². The molecule has 0 atom stereocenters. The SMILES string of the molecule is COC(=O)C[N+](C)(C)CCO. The first kappa shape index (κ1) is 10.4. The Morgan fingerprint density at radius 2 is 2.09 bits per heavy atom. The van der Waals surface area contributed by atoms with Crippen molar-refractivity contribution < 1.29 is 19.1 Å². The monoisotopic (exact) mass is 162 g/mol. The van der Waals surface area contributed by atoms with Crippen LogP contribution in [0, 0.1) is 0 Å². The minimum atomic E-state index is -0.247. The van der Waals surface area contributed by atoms with Gasteiger partial charge in [-0.05, 0) is 0 Å². The first-order valence-electron chi connectivity index (χ1n) is 3.51. The minimum Gasteiger partial charge on any atom is -0.465 e. The molecule has 0 aliphatic rings. The van der Waals surface area contributed by atoms with E-state index in [2.05, 4.69) is 4.74 Å². The lowest BCUT2D eigenvalue weighted by Gasteiger charge is -2.27. The van der Waals surface area contributed by atoms with E-state index in [0.717, 1.165) is 0 Å². The maximum absolute atomic E-state index is 10.8. The summed E-state index contributed by atoms with van der Waals surface area (Å²) in [6.45, 7) is 0.955. The van der Waals surface area contributed by atoms with Gasteiger partial charge >= 0.3 is 5.97 Å². The number of hydrogen-bond acceptors (Lipinski definition) is 3. The van der Waals surface area contributed by atoms with E-state index >= 15 is 0 Å². The normalized spacial score (nSPS) is 11.3. The second-order valence-electron chi connectivity index (χ2n) is 3.12. The molecular weight excluding hydrogens is 146 g/mol. The number of methoxy groups -OCH3 is 1. The van der Waals surface area contributed by atoms with Crippen LogP contribution < -0.4 is 0 Å². The van der Waals surface area contributed by atoms with Gasteiger partial charge in [-0.25, -0.2) is 4.79 Å². The molecule has 66 valence electrons. The molecule has 0 aromatic rings. The van der Waals surface area contributed by atoms with Crippen LogP contribution in [0.1, 0.15) is 0 Å². The summed E-state index contributed by atoms with van der Waals surface area (Å²) < 4.78 is 4.96. The average Bonchev–Trinajstić information content (AvgIpc) is 1.86. The lowest BCUT2D eigenvalue weighted by atomic mass is 10.4. The van der Waals surface area contributed by atoms with Crippen molar-refractivity contribution in [2.45, 2.75) is 0 Å². The maximum atomic E-state index is 10.8. The van der Waals surface area contributed by atoms with Gasteiger partial charge in [-0.1, -0.05) is 0 Å². The number of aliphatic hydroxyl groups excluding tert-OH is 1. The highest BCUT2D eigenvalue weighted by atomic mass is 16.5. The van der Waals surface area contributed by atoms with Crippen LogP contribution >= 0.6 is 0 Å². The Balaban J connectivity index is 3.80. The quantitative estimate of drug-likeness (QED) is 0.436. The Kier molecular flexibility index (Phi) is 4.07. The van der Waals surface area contributed by atoms with Gasteiger partial charge in [-0.2, -0.15) is 0 Å². The molecule has 4 heteroatoms. The van der Waals surface area contributed by atoms with Crippen LogP contribution in [-0.4, -0.2) is 56.5 Å². The van der Waals surface area contributed by atoms with E-state index in [4.69, 9.17) is 5.11 Å². The van der Waals surface area contributed by atoms with Gasteiger partial charge in [-0.15, -0.1) is 0 Å². The van der Waals surface area contributed by atoms with Crippen LogP contribution in [-0.2, 0) is 9.53 Å². The molecule has 0 radical (unpaired) electrons. The van der Waals surface area contributed by atoms with Gasteiger partial charge in [0.1, 0.15) is 6.54 Å². The van der Waals surface area contributed by atoms with Crippen LogP contribution in [0.5, 0.6) is 0 Å². The molecule has 0 rings (SSSR count). The lowest BCUT2D eigenvalue weighted by molar-refractivity contribution is -0.883. The smallest absolute Gasteiger partial charge is 0.361 e. The molecule has 0 saturated carbocycles. The molecule has 0 fully saturated rings. The van der Waals surface area contributed by atoms with E-state index in [0.29, 0.717) is 17.6 Å². The first-order chi connectivity index (χ1) is 5.02. The Bertz CT molecular complexity index is 134. The van der Waals surface area contributed by atoms with Gasteiger partial charge in [0.2, 0.25) is 0 Å². The van der Waals surface area contributed by atoms with Crippen LogP contribution in [0.4, 0.5) is 0 Å². The highest BCUT2D eigenvalue weighted by Crippen LogP contribution is 1.95. The molecule has 0 bridgehead atoms. The average molecular weight is 162 g/mol. The summed E-state index contributed by atoms with van der Waals surface area (Å²) >= 11 is 0. The zero-order valence-corrected chi connectivity index (χ0v) is 7.33. The van der Waals surface area contributed by atoms with E-state index in [1.54, 1.807) is 0 Å². The van der Waals surface area contributed by atoms with Crippen LogP contribution in [0.15, 0.2) is 0 Å². The molecule has 0 saturated heterocycles. The zero-order valence-electron chi connectivity index (χ0n) is 7.33. The topological polar surface area (TPSA) is 46.5 Å². The van der Waals surface area contributed by atoms with Crippen molar-refractivity contribution in [3.63, 3.8) is 0 Å². The summed E-state index contributed by atoms with van der Waals surface area (Å²) in [5, 5.41) is 8.62. The third kappa shape index (κ3) is 4.75. The van der Waals surface area contributed by atoms with Crippen molar-refractivity contribution in [1.29, 1.82) is 0 Å². The zero-order chi connectivity index (χ0) is 8.91. The third-order valence-corrected chi connectivity index (χ3v) is 1.49. The predicted molar refractivity (Wildman–Crippen MR) is 40.9 cm³/mol. The van der Waals surface area contributed by atoms with Crippen molar-refractivity contribution >= 4 is 5.97 Å². The second-order valence-corrected chi connectivity index (χ2v) is 3.12. The van der Waals surface area contributed by atoms with Crippen LogP contribution in [0.2, 0.25) is 0 Å². The molecule has 0 aromatic heterocycles. The summed E-state index contributed by atoms with van der Waals surface area (Å²) in [6, 6.07) is 0. The van der Waals surface area contributed by atoms with Gasteiger partial charge < -0.3 is 14.3 Å². The number of likely N-dealkylation sites (N-methyl/N-ethyl adjacent to an activating group) is 1. The van der Waals surface area contributed by atoms with E-state index in [9.17, 15) is 4.79 Å². The summed E-state index contributed by atoms with van der Waals surface area (Å²) in [5.74, 6) is -0.247. The molecule has 4 nitrogen and oxygen atoms in total. The standard InChI is InChI=1S/C7H16NO3/c1-8(2,4-5-9)6-7(10)11-3/h9H,4-6H2,1-3H3/q+1. The van der Waals surface area contributed by atoms with E-state index in [1.165, 1.54) is 7.11 Å². The fraction of sp³-hybridized carbons (Fsp3) is 0.857. The maximum Gasteiger partial charge on any atom is 0.361 e. The molecule has 11 heavy (non-hydrogen) atoms. The summed E-state index contributed by atoms with van der Waals surface area (Å²) in [6.07, 6.45) is 0.